The van der Waals surface area contributed by atoms with E-state index in [9.17, 15) is 0 Å². The number of hydrogen-bond acceptors (Lipinski definition) is 4. The highest BCUT2D eigenvalue weighted by atomic mass is 79.9. The van der Waals surface area contributed by atoms with Crippen molar-refractivity contribution in [2.24, 2.45) is 0 Å². The summed E-state index contributed by atoms with van der Waals surface area (Å²) in [5.41, 5.74) is 1.07. The Morgan fingerprint density at radius 3 is 3.17 bits per heavy atom. The van der Waals surface area contributed by atoms with Gasteiger partial charge in [0, 0.05) is 17.9 Å². The number of thiophene rings is 1. The zero-order valence-electron chi connectivity index (χ0n) is 10.2. The Kier molecular flexibility index (Phi) is 3.80. The largest absolute Gasteiger partial charge is 0.352 e. The molecule has 3 nitrogen and oxygen atoms in total. The zero-order chi connectivity index (χ0) is 12.4. The molecule has 96 valence electrons. The van der Waals surface area contributed by atoms with Crippen LogP contribution in [0.5, 0.6) is 0 Å². The van der Waals surface area contributed by atoms with E-state index in [4.69, 9.17) is 0 Å². The van der Waals surface area contributed by atoms with Gasteiger partial charge in [-0.1, -0.05) is 28.8 Å². The third kappa shape index (κ3) is 2.26. The maximum atomic E-state index is 4.55. The summed E-state index contributed by atoms with van der Waals surface area (Å²) in [6.07, 6.45) is 6.87. The fourth-order valence-corrected chi connectivity index (χ4v) is 4.12. The quantitative estimate of drug-likeness (QED) is 0.785. The molecule has 0 bridgehead atoms. The average molecular weight is 326 g/mol. The van der Waals surface area contributed by atoms with Gasteiger partial charge in [0.1, 0.15) is 12.1 Å². The van der Waals surface area contributed by atoms with Gasteiger partial charge in [-0.25, -0.2) is 9.97 Å². The first-order chi connectivity index (χ1) is 8.90. The summed E-state index contributed by atoms with van der Waals surface area (Å²) in [6, 6.07) is 2.64. The summed E-state index contributed by atoms with van der Waals surface area (Å²) in [7, 11) is 0. The maximum absolute atomic E-state index is 4.55. The molecule has 5 heteroatoms. The summed E-state index contributed by atoms with van der Waals surface area (Å²) < 4.78 is 1.23. The molecule has 1 saturated heterocycles. The van der Waals surface area contributed by atoms with Crippen LogP contribution in [-0.2, 0) is 0 Å². The van der Waals surface area contributed by atoms with E-state index in [-0.39, 0.29) is 0 Å². The Bertz CT molecular complexity index is 528. The number of fused-ring (bicyclic) bond motifs is 1. The topological polar surface area (TPSA) is 29.0 Å². The molecule has 1 aliphatic rings. The zero-order valence-corrected chi connectivity index (χ0v) is 12.6. The number of rotatable bonds is 2. The van der Waals surface area contributed by atoms with Crippen LogP contribution in [0, 0.1) is 0 Å². The fraction of sp³-hybridized carbons (Fsp3) is 0.538. The first-order valence-corrected chi connectivity index (χ1v) is 8.41. The minimum atomic E-state index is 0.563. The molecular formula is C13H16BrN3S. The van der Waals surface area contributed by atoms with Crippen LogP contribution in [-0.4, -0.2) is 27.9 Å². The van der Waals surface area contributed by atoms with E-state index in [1.807, 2.05) is 0 Å². The third-order valence-electron chi connectivity index (χ3n) is 3.55. The lowest BCUT2D eigenvalue weighted by Crippen LogP contribution is -2.36. The van der Waals surface area contributed by atoms with Gasteiger partial charge in [0.2, 0.25) is 0 Å². The van der Waals surface area contributed by atoms with Gasteiger partial charge in [-0.05, 0) is 24.3 Å². The Labute approximate surface area is 119 Å². The molecular weight excluding hydrogens is 310 g/mol. The molecule has 1 aliphatic heterocycles. The normalized spacial score (nSPS) is 21.2. The standard InChI is InChI=1S/C13H16BrN3S/c14-8-10-4-2-1-3-6-17(10)13-12-11(5-7-18-12)15-9-16-13/h5,7,9-10H,1-4,6,8H2. The van der Waals surface area contributed by atoms with E-state index in [0.717, 1.165) is 23.2 Å². The highest BCUT2D eigenvalue weighted by Gasteiger charge is 2.23. The fourth-order valence-electron chi connectivity index (χ4n) is 2.60. The Morgan fingerprint density at radius 1 is 1.33 bits per heavy atom. The summed E-state index contributed by atoms with van der Waals surface area (Å²) in [5, 5.41) is 3.12. The minimum absolute atomic E-state index is 0.563. The van der Waals surface area contributed by atoms with Crippen LogP contribution in [0.4, 0.5) is 5.82 Å². The second-order valence-corrected chi connectivity index (χ2v) is 6.25. The van der Waals surface area contributed by atoms with Crippen molar-refractivity contribution in [3.63, 3.8) is 0 Å². The molecule has 0 aromatic carbocycles. The summed E-state index contributed by atoms with van der Waals surface area (Å²) in [6.45, 7) is 1.11. The first kappa shape index (κ1) is 12.4. The molecule has 1 unspecified atom stereocenters. The van der Waals surface area contributed by atoms with Gasteiger partial charge in [-0.3, -0.25) is 0 Å². The van der Waals surface area contributed by atoms with Crippen molar-refractivity contribution in [3.8, 4) is 0 Å². The van der Waals surface area contributed by atoms with Gasteiger partial charge >= 0.3 is 0 Å². The molecule has 3 heterocycles. The highest BCUT2D eigenvalue weighted by Crippen LogP contribution is 2.31. The van der Waals surface area contributed by atoms with Crippen LogP contribution in [0.2, 0.25) is 0 Å². The monoisotopic (exact) mass is 325 g/mol. The van der Waals surface area contributed by atoms with Crippen molar-refractivity contribution in [2.45, 2.75) is 31.7 Å². The molecule has 2 aromatic rings. The second kappa shape index (κ2) is 5.53. The van der Waals surface area contributed by atoms with E-state index in [1.54, 1.807) is 17.7 Å². The Morgan fingerprint density at radius 2 is 2.28 bits per heavy atom. The van der Waals surface area contributed by atoms with Crippen LogP contribution >= 0.6 is 27.3 Å². The number of alkyl halides is 1. The van der Waals surface area contributed by atoms with E-state index in [0.29, 0.717) is 6.04 Å². The number of halogens is 1. The molecule has 1 atom stereocenters. The SMILES string of the molecule is BrCC1CCCCCN1c1ncnc2ccsc12. The predicted molar refractivity (Wildman–Crippen MR) is 80.8 cm³/mol. The number of anilines is 1. The number of hydrogen-bond donors (Lipinski definition) is 0. The summed E-state index contributed by atoms with van der Waals surface area (Å²) in [5.74, 6) is 1.13. The van der Waals surface area contributed by atoms with Gasteiger partial charge in [0.15, 0.2) is 0 Å². The van der Waals surface area contributed by atoms with Crippen molar-refractivity contribution in [2.75, 3.05) is 16.8 Å². The molecule has 0 N–H and O–H groups in total. The molecule has 18 heavy (non-hydrogen) atoms. The molecule has 0 saturated carbocycles. The maximum Gasteiger partial charge on any atom is 0.150 e. The second-order valence-electron chi connectivity index (χ2n) is 4.68. The molecule has 1 fully saturated rings. The lowest BCUT2D eigenvalue weighted by molar-refractivity contribution is 0.623. The lowest BCUT2D eigenvalue weighted by Gasteiger charge is -2.29. The van der Waals surface area contributed by atoms with E-state index in [1.165, 1.54) is 30.4 Å². The van der Waals surface area contributed by atoms with Crippen molar-refractivity contribution in [1.82, 2.24) is 9.97 Å². The van der Waals surface area contributed by atoms with E-state index in [2.05, 4.69) is 42.2 Å². The van der Waals surface area contributed by atoms with Crippen LogP contribution < -0.4 is 4.90 Å². The third-order valence-corrected chi connectivity index (χ3v) is 5.20. The van der Waals surface area contributed by atoms with Crippen molar-refractivity contribution < 1.29 is 0 Å². The van der Waals surface area contributed by atoms with Gasteiger partial charge < -0.3 is 4.90 Å². The highest BCUT2D eigenvalue weighted by molar-refractivity contribution is 9.09. The van der Waals surface area contributed by atoms with Crippen molar-refractivity contribution in [3.05, 3.63) is 17.8 Å². The van der Waals surface area contributed by atoms with E-state index >= 15 is 0 Å². The summed E-state index contributed by atoms with van der Waals surface area (Å²) >= 11 is 5.40. The predicted octanol–water partition coefficient (Wildman–Crippen LogP) is 3.84. The van der Waals surface area contributed by atoms with Crippen LogP contribution in [0.25, 0.3) is 10.2 Å². The molecule has 0 amide bonds. The van der Waals surface area contributed by atoms with Crippen LogP contribution in [0.15, 0.2) is 17.8 Å². The van der Waals surface area contributed by atoms with Crippen molar-refractivity contribution >= 4 is 43.3 Å². The number of nitrogens with zero attached hydrogens (tertiary/aromatic N) is 3. The molecule has 2 aromatic heterocycles. The molecule has 0 spiro atoms. The molecule has 0 radical (unpaired) electrons. The van der Waals surface area contributed by atoms with Crippen LogP contribution in [0.3, 0.4) is 0 Å². The number of aromatic nitrogens is 2. The Balaban J connectivity index is 2.02. The summed E-state index contributed by atoms with van der Waals surface area (Å²) in [4.78, 5) is 11.4. The lowest BCUT2D eigenvalue weighted by atomic mass is 10.1. The van der Waals surface area contributed by atoms with Crippen LogP contribution in [0.1, 0.15) is 25.7 Å². The van der Waals surface area contributed by atoms with Crippen molar-refractivity contribution in [1.29, 1.82) is 0 Å². The van der Waals surface area contributed by atoms with Gasteiger partial charge in [-0.2, -0.15) is 0 Å². The minimum Gasteiger partial charge on any atom is -0.352 e. The first-order valence-electron chi connectivity index (χ1n) is 6.41. The van der Waals surface area contributed by atoms with Gasteiger partial charge in [-0.15, -0.1) is 11.3 Å². The average Bonchev–Trinajstić information content (AvgIpc) is 2.76. The molecule has 0 aliphatic carbocycles. The Hall–Kier alpha value is -0.680. The molecule has 3 rings (SSSR count). The van der Waals surface area contributed by atoms with E-state index < -0.39 is 0 Å². The smallest absolute Gasteiger partial charge is 0.150 e. The van der Waals surface area contributed by atoms with Gasteiger partial charge in [0.25, 0.3) is 0 Å². The van der Waals surface area contributed by atoms with Gasteiger partial charge in [0.05, 0.1) is 10.2 Å².